The molecule has 1 unspecified atom stereocenters. The molecule has 0 bridgehead atoms. The average Bonchev–Trinajstić information content (AvgIpc) is 2.75. The summed E-state index contributed by atoms with van der Waals surface area (Å²) in [7, 11) is -0.326. The third-order valence-electron chi connectivity index (χ3n) is 6.18. The van der Waals surface area contributed by atoms with Gasteiger partial charge in [0.2, 0.25) is 15.9 Å². The maximum atomic E-state index is 13.4. The molecule has 1 fully saturated rings. The van der Waals surface area contributed by atoms with Gasteiger partial charge in [-0.2, -0.15) is 0 Å². The second-order valence-electron chi connectivity index (χ2n) is 8.55. The van der Waals surface area contributed by atoms with E-state index in [0.29, 0.717) is 17.9 Å². The number of nitrogens with zero attached hydrogens (tertiary/aromatic N) is 1. The van der Waals surface area contributed by atoms with E-state index in [0.717, 1.165) is 37.2 Å². The summed E-state index contributed by atoms with van der Waals surface area (Å²) in [6.45, 7) is 3.17. The number of likely N-dealkylation sites (tertiary alicyclic amines) is 1. The van der Waals surface area contributed by atoms with Gasteiger partial charge in [-0.05, 0) is 44.2 Å². The van der Waals surface area contributed by atoms with Crippen LogP contribution < -0.4 is 19.5 Å². The number of nitrogens with one attached hydrogen (secondary N) is 2. The lowest BCUT2D eigenvalue weighted by Gasteiger charge is -2.46. The highest BCUT2D eigenvalue weighted by Crippen LogP contribution is 2.44. The van der Waals surface area contributed by atoms with Crippen LogP contribution in [0.1, 0.15) is 37.8 Å². The number of benzene rings is 2. The van der Waals surface area contributed by atoms with E-state index < -0.39 is 21.7 Å². The predicted octanol–water partition coefficient (Wildman–Crippen LogP) is 2.92. The third kappa shape index (κ3) is 4.60. The lowest BCUT2D eigenvalue weighted by atomic mass is 9.81. The first kappa shape index (κ1) is 22.6. The van der Waals surface area contributed by atoms with E-state index >= 15 is 0 Å². The van der Waals surface area contributed by atoms with Crippen LogP contribution >= 0.6 is 0 Å². The van der Waals surface area contributed by atoms with Crippen molar-refractivity contribution in [3.05, 3.63) is 48.0 Å². The number of amides is 1. The molecule has 4 rings (SSSR count). The van der Waals surface area contributed by atoms with Crippen molar-refractivity contribution >= 4 is 21.6 Å². The van der Waals surface area contributed by atoms with Crippen molar-refractivity contribution in [3.63, 3.8) is 0 Å². The van der Waals surface area contributed by atoms with Crippen molar-refractivity contribution in [1.29, 1.82) is 0 Å². The van der Waals surface area contributed by atoms with E-state index in [1.54, 1.807) is 0 Å². The standard InChI is InChI=1S/C23H29N3O5S/c1-16(27)24-19-14-17(8-9-22(19)30-3)32(28,29)25-20-15-23(10-12-26(2)13-11-23)31-21-7-5-4-6-18(20)21/h4-9,14,20,25H,10-13,15H2,1-3H3,(H,24,27). The molecular weight excluding hydrogens is 430 g/mol. The van der Waals surface area contributed by atoms with E-state index in [4.69, 9.17) is 9.47 Å². The Hall–Kier alpha value is -2.62. The quantitative estimate of drug-likeness (QED) is 0.714. The van der Waals surface area contributed by atoms with Crippen LogP contribution in [-0.4, -0.2) is 52.1 Å². The highest BCUT2D eigenvalue weighted by molar-refractivity contribution is 7.89. The van der Waals surface area contributed by atoms with Crippen LogP contribution in [0.5, 0.6) is 11.5 Å². The Balaban J connectivity index is 1.65. The number of para-hydroxylation sites is 1. The first-order valence-electron chi connectivity index (χ1n) is 10.7. The summed E-state index contributed by atoms with van der Waals surface area (Å²) in [6.07, 6.45) is 2.24. The number of methoxy groups -OCH3 is 1. The minimum Gasteiger partial charge on any atom is -0.495 e. The van der Waals surface area contributed by atoms with Crippen LogP contribution in [0.2, 0.25) is 0 Å². The van der Waals surface area contributed by atoms with Gasteiger partial charge in [0.25, 0.3) is 0 Å². The van der Waals surface area contributed by atoms with Gasteiger partial charge in [0.15, 0.2) is 0 Å². The Bertz CT molecular complexity index is 1110. The van der Waals surface area contributed by atoms with Crippen LogP contribution in [0.25, 0.3) is 0 Å². The third-order valence-corrected chi connectivity index (χ3v) is 7.65. The SMILES string of the molecule is COc1ccc(S(=O)(=O)NC2CC3(CCN(C)CC3)Oc3ccccc32)cc1NC(C)=O. The molecule has 2 aliphatic heterocycles. The number of rotatable bonds is 5. The van der Waals surface area contributed by atoms with Crippen molar-refractivity contribution < 1.29 is 22.7 Å². The Kier molecular flexibility index (Phi) is 6.15. The molecule has 1 spiro atoms. The van der Waals surface area contributed by atoms with Gasteiger partial charge in [-0.1, -0.05) is 18.2 Å². The summed E-state index contributed by atoms with van der Waals surface area (Å²) < 4.78 is 41.3. The van der Waals surface area contributed by atoms with Gasteiger partial charge in [-0.15, -0.1) is 0 Å². The Morgan fingerprint density at radius 1 is 1.19 bits per heavy atom. The lowest BCUT2D eigenvalue weighted by molar-refractivity contribution is -0.114. The molecule has 2 aliphatic rings. The molecule has 0 radical (unpaired) electrons. The fourth-order valence-corrected chi connectivity index (χ4v) is 5.69. The zero-order valence-corrected chi connectivity index (χ0v) is 19.4. The second kappa shape index (κ2) is 8.73. The van der Waals surface area contributed by atoms with Gasteiger partial charge in [-0.3, -0.25) is 4.79 Å². The van der Waals surface area contributed by atoms with Gasteiger partial charge in [-0.25, -0.2) is 13.1 Å². The number of carbonyl (C=O) groups excluding carboxylic acids is 1. The van der Waals surface area contributed by atoms with Gasteiger partial charge in [0, 0.05) is 32.0 Å². The second-order valence-corrected chi connectivity index (χ2v) is 10.3. The number of ether oxygens (including phenoxy) is 2. The normalized spacial score (nSPS) is 20.3. The summed E-state index contributed by atoms with van der Waals surface area (Å²) in [6, 6.07) is 11.6. The molecule has 1 atom stereocenters. The Morgan fingerprint density at radius 3 is 2.59 bits per heavy atom. The number of fused-ring (bicyclic) bond motifs is 1. The van der Waals surface area contributed by atoms with E-state index in [2.05, 4.69) is 22.0 Å². The molecule has 0 saturated carbocycles. The summed E-state index contributed by atoms with van der Waals surface area (Å²) in [5, 5.41) is 2.63. The van der Waals surface area contributed by atoms with Crippen molar-refractivity contribution in [2.45, 2.75) is 42.7 Å². The molecule has 2 N–H and O–H groups in total. The van der Waals surface area contributed by atoms with Crippen LogP contribution in [-0.2, 0) is 14.8 Å². The average molecular weight is 460 g/mol. The number of hydrogen-bond donors (Lipinski definition) is 2. The predicted molar refractivity (Wildman–Crippen MR) is 122 cm³/mol. The summed E-state index contributed by atoms with van der Waals surface area (Å²) in [4.78, 5) is 13.9. The van der Waals surface area contributed by atoms with Crippen LogP contribution in [0.4, 0.5) is 5.69 Å². The first-order valence-corrected chi connectivity index (χ1v) is 12.1. The summed E-state index contributed by atoms with van der Waals surface area (Å²) >= 11 is 0. The molecule has 172 valence electrons. The van der Waals surface area contributed by atoms with Crippen LogP contribution in [0.3, 0.4) is 0 Å². The van der Waals surface area contributed by atoms with E-state index in [1.807, 2.05) is 24.3 Å². The lowest BCUT2D eigenvalue weighted by Crippen LogP contribution is -2.51. The molecule has 0 aromatic heterocycles. The zero-order chi connectivity index (χ0) is 22.9. The molecule has 32 heavy (non-hydrogen) atoms. The number of piperidine rings is 1. The minimum absolute atomic E-state index is 0.0588. The first-order chi connectivity index (χ1) is 15.2. The largest absolute Gasteiger partial charge is 0.495 e. The minimum atomic E-state index is -3.87. The van der Waals surface area contributed by atoms with Gasteiger partial charge in [0.1, 0.15) is 17.1 Å². The fourth-order valence-electron chi connectivity index (χ4n) is 4.45. The van der Waals surface area contributed by atoms with Crippen LogP contribution in [0.15, 0.2) is 47.4 Å². The molecule has 1 saturated heterocycles. The number of hydrogen-bond acceptors (Lipinski definition) is 6. The summed E-state index contributed by atoms with van der Waals surface area (Å²) in [5.41, 5.74) is 0.744. The maximum Gasteiger partial charge on any atom is 0.241 e. The number of anilines is 1. The van der Waals surface area contributed by atoms with Crippen molar-refractivity contribution in [2.24, 2.45) is 0 Å². The van der Waals surface area contributed by atoms with Gasteiger partial charge >= 0.3 is 0 Å². The molecule has 2 heterocycles. The molecule has 2 aromatic carbocycles. The van der Waals surface area contributed by atoms with Crippen LogP contribution in [0, 0.1) is 0 Å². The Labute approximate surface area is 189 Å². The topological polar surface area (TPSA) is 97.0 Å². The molecule has 0 aliphatic carbocycles. The van der Waals surface area contributed by atoms with Gasteiger partial charge < -0.3 is 19.7 Å². The molecule has 9 heteroatoms. The summed E-state index contributed by atoms with van der Waals surface area (Å²) in [5.74, 6) is 0.805. The monoisotopic (exact) mass is 459 g/mol. The zero-order valence-electron chi connectivity index (χ0n) is 18.6. The van der Waals surface area contributed by atoms with E-state index in [9.17, 15) is 13.2 Å². The fraction of sp³-hybridized carbons (Fsp3) is 0.435. The molecule has 2 aromatic rings. The molecular formula is C23H29N3O5S. The maximum absolute atomic E-state index is 13.4. The van der Waals surface area contributed by atoms with E-state index in [-0.39, 0.29) is 10.8 Å². The number of carbonyl (C=O) groups is 1. The van der Waals surface area contributed by atoms with Crippen molar-refractivity contribution in [3.8, 4) is 11.5 Å². The van der Waals surface area contributed by atoms with Crippen molar-refractivity contribution in [1.82, 2.24) is 9.62 Å². The van der Waals surface area contributed by atoms with E-state index in [1.165, 1.54) is 32.2 Å². The van der Waals surface area contributed by atoms with Gasteiger partial charge in [0.05, 0.1) is 23.7 Å². The number of sulfonamides is 1. The highest BCUT2D eigenvalue weighted by Gasteiger charge is 2.43. The highest BCUT2D eigenvalue weighted by atomic mass is 32.2. The Morgan fingerprint density at radius 2 is 1.91 bits per heavy atom. The molecule has 1 amide bonds. The molecule has 8 nitrogen and oxygen atoms in total. The smallest absolute Gasteiger partial charge is 0.241 e. The van der Waals surface area contributed by atoms with Crippen molar-refractivity contribution in [2.75, 3.05) is 32.6 Å².